The van der Waals surface area contributed by atoms with E-state index < -0.39 is 29.6 Å². The lowest BCUT2D eigenvalue weighted by Gasteiger charge is -2.16. The van der Waals surface area contributed by atoms with Gasteiger partial charge in [0, 0.05) is 18.5 Å². The third kappa shape index (κ3) is 5.62. The van der Waals surface area contributed by atoms with Gasteiger partial charge >= 0.3 is 5.97 Å². The Balaban J connectivity index is 1.26. The van der Waals surface area contributed by atoms with E-state index in [-0.39, 0.29) is 23.3 Å². The number of carbonyl (C=O) groups excluding carboxylic acids is 4. The van der Waals surface area contributed by atoms with Gasteiger partial charge in [-0.15, -0.1) is 0 Å². The number of imide groups is 1. The topological polar surface area (TPSA) is 125 Å². The summed E-state index contributed by atoms with van der Waals surface area (Å²) < 4.78 is 11.7. The van der Waals surface area contributed by atoms with E-state index in [1.54, 1.807) is 48.5 Å². The van der Waals surface area contributed by atoms with Crippen molar-refractivity contribution >= 4 is 51.9 Å². The number of ketones is 1. The van der Waals surface area contributed by atoms with Gasteiger partial charge in [-0.25, -0.2) is 14.7 Å². The van der Waals surface area contributed by atoms with Crippen molar-refractivity contribution in [1.29, 1.82) is 0 Å². The van der Waals surface area contributed by atoms with Crippen LogP contribution in [0.25, 0.3) is 10.9 Å². The summed E-state index contributed by atoms with van der Waals surface area (Å²) in [6.07, 6.45) is -0.0623. The zero-order chi connectivity index (χ0) is 29.1. The molecular formula is C30H25N3O7S. The number of rotatable bonds is 9. The third-order valence-corrected chi connectivity index (χ3v) is 7.78. The molecule has 5 rings (SSSR count). The summed E-state index contributed by atoms with van der Waals surface area (Å²) in [5.41, 5.74) is 1.15. The van der Waals surface area contributed by atoms with Crippen LogP contribution in [0.4, 0.5) is 5.69 Å². The van der Waals surface area contributed by atoms with Crippen molar-refractivity contribution in [3.05, 3.63) is 94.3 Å². The van der Waals surface area contributed by atoms with Crippen molar-refractivity contribution < 1.29 is 28.7 Å². The Morgan fingerprint density at radius 3 is 2.32 bits per heavy atom. The first-order valence-corrected chi connectivity index (χ1v) is 13.7. The molecule has 41 heavy (non-hydrogen) atoms. The molecule has 1 aromatic heterocycles. The first-order chi connectivity index (χ1) is 19.8. The average molecular weight is 572 g/mol. The Kier molecular flexibility index (Phi) is 7.97. The highest BCUT2D eigenvalue weighted by molar-refractivity contribution is 8.00. The van der Waals surface area contributed by atoms with Crippen LogP contribution in [0.2, 0.25) is 0 Å². The summed E-state index contributed by atoms with van der Waals surface area (Å²) >= 11 is 1.09. The lowest BCUT2D eigenvalue weighted by atomic mass is 10.1. The van der Waals surface area contributed by atoms with E-state index >= 15 is 0 Å². The molecule has 4 aromatic rings. The largest absolute Gasteiger partial charge is 0.497 e. The predicted octanol–water partition coefficient (Wildman–Crippen LogP) is 3.89. The highest BCUT2D eigenvalue weighted by Crippen LogP contribution is 2.33. The van der Waals surface area contributed by atoms with Crippen LogP contribution in [0.15, 0.2) is 82.7 Å². The van der Waals surface area contributed by atoms with E-state index in [9.17, 15) is 24.0 Å². The number of aromatic nitrogens is 2. The second-order valence-electron chi connectivity index (χ2n) is 9.11. The lowest BCUT2D eigenvalue weighted by molar-refractivity contribution is -0.121. The number of thioether (sulfide) groups is 1. The number of nitrogens with zero attached hydrogens (tertiary/aromatic N) is 3. The van der Waals surface area contributed by atoms with Crippen molar-refractivity contribution in [2.75, 3.05) is 18.6 Å². The van der Waals surface area contributed by atoms with Gasteiger partial charge in [-0.2, -0.15) is 0 Å². The number of benzene rings is 3. The van der Waals surface area contributed by atoms with Crippen LogP contribution in [0.5, 0.6) is 5.75 Å². The Labute approximate surface area is 238 Å². The minimum atomic E-state index is -0.762. The molecule has 2 heterocycles. The molecule has 1 aliphatic rings. The third-order valence-electron chi connectivity index (χ3n) is 6.60. The molecule has 1 atom stereocenters. The number of fused-ring (bicyclic) bond motifs is 1. The molecule has 0 N–H and O–H groups in total. The molecule has 1 fully saturated rings. The van der Waals surface area contributed by atoms with Crippen molar-refractivity contribution in [2.45, 2.75) is 30.3 Å². The Bertz CT molecular complexity index is 1720. The summed E-state index contributed by atoms with van der Waals surface area (Å²) in [6, 6.07) is 19.2. The minimum Gasteiger partial charge on any atom is -0.497 e. The predicted molar refractivity (Wildman–Crippen MR) is 152 cm³/mol. The summed E-state index contributed by atoms with van der Waals surface area (Å²) in [4.78, 5) is 69.5. The summed E-state index contributed by atoms with van der Waals surface area (Å²) in [6.45, 7) is 1.73. The van der Waals surface area contributed by atoms with Crippen molar-refractivity contribution in [2.24, 2.45) is 0 Å². The van der Waals surface area contributed by atoms with Crippen LogP contribution in [-0.2, 0) is 20.9 Å². The van der Waals surface area contributed by atoms with Gasteiger partial charge in [-0.1, -0.05) is 23.9 Å². The number of Topliss-reactive ketones (excluding diaryl/α,β-unsaturated/α-hetero) is 1. The Hall–Kier alpha value is -4.77. The number of esters is 1. The van der Waals surface area contributed by atoms with Gasteiger partial charge in [-0.3, -0.25) is 23.7 Å². The molecule has 0 bridgehead atoms. The van der Waals surface area contributed by atoms with Gasteiger partial charge in [0.15, 0.2) is 17.5 Å². The molecule has 0 radical (unpaired) electrons. The number of hydrogen-bond acceptors (Lipinski definition) is 9. The second-order valence-corrected chi connectivity index (χ2v) is 10.3. The van der Waals surface area contributed by atoms with Gasteiger partial charge in [0.2, 0.25) is 11.8 Å². The van der Waals surface area contributed by atoms with Crippen LogP contribution >= 0.6 is 11.8 Å². The monoisotopic (exact) mass is 571 g/mol. The van der Waals surface area contributed by atoms with Gasteiger partial charge < -0.3 is 9.47 Å². The molecule has 11 heteroatoms. The first-order valence-electron chi connectivity index (χ1n) is 12.8. The standard InChI is InChI=1S/C30H25N3O7S/c1-3-32-27(36)22-6-4-5-7-23(22)31-30(32)41-25-16-26(35)33(28(25)37)20-12-8-19(9-13-20)29(38)40-17-24(34)18-10-14-21(39-2)15-11-18/h4-15,25H,3,16-17H2,1-2H3. The van der Waals surface area contributed by atoms with E-state index in [1.807, 2.05) is 6.92 Å². The number of ether oxygens (including phenoxy) is 2. The van der Waals surface area contributed by atoms with Gasteiger partial charge in [0.1, 0.15) is 11.0 Å². The van der Waals surface area contributed by atoms with Crippen LogP contribution < -0.4 is 15.2 Å². The summed E-state index contributed by atoms with van der Waals surface area (Å²) in [5.74, 6) is -1.33. The second kappa shape index (κ2) is 11.8. The quantitative estimate of drug-likeness (QED) is 0.127. The first kappa shape index (κ1) is 27.8. The number of hydrogen-bond donors (Lipinski definition) is 0. The molecular weight excluding hydrogens is 546 g/mol. The Morgan fingerprint density at radius 2 is 1.63 bits per heavy atom. The van der Waals surface area contributed by atoms with Gasteiger partial charge in [0.05, 0.1) is 29.3 Å². The number of anilines is 1. The molecule has 0 saturated carbocycles. The minimum absolute atomic E-state index is 0.0623. The molecule has 0 spiro atoms. The fourth-order valence-corrected chi connectivity index (χ4v) is 5.61. The molecule has 1 aliphatic heterocycles. The normalized spacial score (nSPS) is 14.9. The number of methoxy groups -OCH3 is 1. The van der Waals surface area contributed by atoms with Crippen molar-refractivity contribution in [3.8, 4) is 5.75 Å². The number of para-hydroxylation sites is 1. The highest BCUT2D eigenvalue weighted by atomic mass is 32.2. The summed E-state index contributed by atoms with van der Waals surface area (Å²) in [7, 11) is 1.52. The highest BCUT2D eigenvalue weighted by Gasteiger charge is 2.41. The van der Waals surface area contributed by atoms with Crippen LogP contribution in [-0.4, -0.2) is 52.1 Å². The fourth-order valence-electron chi connectivity index (χ4n) is 4.43. The molecule has 10 nitrogen and oxygen atoms in total. The molecule has 2 amide bonds. The maximum absolute atomic E-state index is 13.3. The van der Waals surface area contributed by atoms with E-state index in [0.717, 1.165) is 16.7 Å². The molecule has 0 aliphatic carbocycles. The lowest BCUT2D eigenvalue weighted by Crippen LogP contribution is -2.31. The smallest absolute Gasteiger partial charge is 0.338 e. The van der Waals surface area contributed by atoms with Gasteiger partial charge in [0.25, 0.3) is 5.56 Å². The van der Waals surface area contributed by atoms with Gasteiger partial charge in [-0.05, 0) is 67.6 Å². The van der Waals surface area contributed by atoms with Crippen molar-refractivity contribution in [3.63, 3.8) is 0 Å². The number of carbonyl (C=O) groups is 4. The van der Waals surface area contributed by atoms with E-state index in [4.69, 9.17) is 9.47 Å². The Morgan fingerprint density at radius 1 is 0.951 bits per heavy atom. The zero-order valence-electron chi connectivity index (χ0n) is 22.2. The summed E-state index contributed by atoms with van der Waals surface area (Å²) in [5, 5.41) is 0.0892. The van der Waals surface area contributed by atoms with Crippen LogP contribution in [0.1, 0.15) is 34.1 Å². The molecule has 3 aromatic carbocycles. The molecule has 208 valence electrons. The molecule has 1 unspecified atom stereocenters. The van der Waals surface area contributed by atoms with Crippen LogP contribution in [0.3, 0.4) is 0 Å². The maximum Gasteiger partial charge on any atom is 0.338 e. The maximum atomic E-state index is 13.3. The number of amides is 2. The molecule has 1 saturated heterocycles. The van der Waals surface area contributed by atoms with Crippen molar-refractivity contribution in [1.82, 2.24) is 9.55 Å². The van der Waals surface area contributed by atoms with E-state index in [0.29, 0.717) is 39.6 Å². The van der Waals surface area contributed by atoms with E-state index in [2.05, 4.69) is 4.98 Å². The zero-order valence-corrected chi connectivity index (χ0v) is 23.1. The average Bonchev–Trinajstić information content (AvgIpc) is 3.27. The van der Waals surface area contributed by atoms with Crippen LogP contribution in [0, 0.1) is 0 Å². The van der Waals surface area contributed by atoms with E-state index in [1.165, 1.54) is 35.9 Å². The SMILES string of the molecule is CCn1c(SC2CC(=O)N(c3ccc(C(=O)OCC(=O)c4ccc(OC)cc4)cc3)C2=O)nc2ccccc2c1=O. The fraction of sp³-hybridized carbons (Fsp3) is 0.200.